The predicted octanol–water partition coefficient (Wildman–Crippen LogP) is 2.84. The highest BCUT2D eigenvalue weighted by molar-refractivity contribution is 7.85. The maximum Gasteiger partial charge on any atom is 0.410 e. The molecule has 2 heterocycles. The van der Waals surface area contributed by atoms with Crippen molar-refractivity contribution in [2.24, 2.45) is 5.92 Å². The van der Waals surface area contributed by atoms with E-state index >= 15 is 0 Å². The number of rotatable bonds is 3. The summed E-state index contributed by atoms with van der Waals surface area (Å²) in [6.07, 6.45) is 4.82. The first-order chi connectivity index (χ1) is 10.3. The zero-order valence-electron chi connectivity index (χ0n) is 13.4. The Bertz CT molecular complexity index is 520. The first kappa shape index (κ1) is 16.9. The fourth-order valence-electron chi connectivity index (χ4n) is 2.41. The Kier molecular flexibility index (Phi) is 5.56. The monoisotopic (exact) mass is 324 g/mol. The molecule has 122 valence electrons. The van der Waals surface area contributed by atoms with Crippen LogP contribution in [0.15, 0.2) is 29.4 Å². The summed E-state index contributed by atoms with van der Waals surface area (Å²) in [6, 6.07) is 3.60. The average molecular weight is 324 g/mol. The molecule has 1 aliphatic rings. The van der Waals surface area contributed by atoms with Gasteiger partial charge in [-0.3, -0.25) is 9.19 Å². The number of hydrogen-bond acceptors (Lipinski definition) is 4. The van der Waals surface area contributed by atoms with Gasteiger partial charge in [0.05, 0.1) is 10.8 Å². The summed E-state index contributed by atoms with van der Waals surface area (Å²) in [5.74, 6) is 1.03. The van der Waals surface area contributed by atoms with Crippen molar-refractivity contribution in [3.05, 3.63) is 24.5 Å². The Morgan fingerprint density at radius 2 is 1.91 bits per heavy atom. The number of carbonyl (C=O) groups excluding carboxylic acids is 1. The van der Waals surface area contributed by atoms with Crippen molar-refractivity contribution in [3.63, 3.8) is 0 Å². The third kappa shape index (κ3) is 5.09. The van der Waals surface area contributed by atoms with E-state index in [1.165, 1.54) is 0 Å². The minimum Gasteiger partial charge on any atom is -0.444 e. The molecule has 1 aliphatic heterocycles. The van der Waals surface area contributed by atoms with Gasteiger partial charge in [-0.25, -0.2) is 4.79 Å². The lowest BCUT2D eigenvalue weighted by atomic mass is 9.99. The number of nitrogens with zero attached hydrogens (tertiary/aromatic N) is 2. The average Bonchev–Trinajstić information content (AvgIpc) is 2.47. The molecule has 1 saturated heterocycles. The van der Waals surface area contributed by atoms with Crippen LogP contribution in [-0.2, 0) is 15.5 Å². The lowest BCUT2D eigenvalue weighted by molar-refractivity contribution is 0.0191. The fourth-order valence-corrected chi connectivity index (χ4v) is 3.79. The van der Waals surface area contributed by atoms with E-state index in [4.69, 9.17) is 4.74 Å². The van der Waals surface area contributed by atoms with Gasteiger partial charge in [-0.2, -0.15) is 0 Å². The van der Waals surface area contributed by atoms with Crippen LogP contribution in [0.3, 0.4) is 0 Å². The van der Waals surface area contributed by atoms with Crippen molar-refractivity contribution in [1.82, 2.24) is 9.88 Å². The van der Waals surface area contributed by atoms with Crippen LogP contribution < -0.4 is 0 Å². The van der Waals surface area contributed by atoms with Gasteiger partial charge >= 0.3 is 6.09 Å². The van der Waals surface area contributed by atoms with E-state index < -0.39 is 16.4 Å². The maximum absolute atomic E-state index is 12.3. The van der Waals surface area contributed by atoms with E-state index in [1.54, 1.807) is 29.4 Å². The van der Waals surface area contributed by atoms with E-state index in [2.05, 4.69) is 4.98 Å². The molecule has 0 saturated carbocycles. The number of pyridine rings is 1. The van der Waals surface area contributed by atoms with Crippen LogP contribution >= 0.6 is 0 Å². The third-order valence-electron chi connectivity index (χ3n) is 3.57. The summed E-state index contributed by atoms with van der Waals surface area (Å²) in [5, 5.41) is 0. The molecule has 1 atom stereocenters. The molecular formula is C16H24N2O3S. The Morgan fingerprint density at radius 1 is 1.32 bits per heavy atom. The second-order valence-corrected chi connectivity index (χ2v) is 8.10. The molecule has 0 aliphatic carbocycles. The molecule has 22 heavy (non-hydrogen) atoms. The van der Waals surface area contributed by atoms with Gasteiger partial charge in [0, 0.05) is 36.1 Å². The number of carbonyl (C=O) groups is 1. The zero-order valence-corrected chi connectivity index (χ0v) is 14.3. The molecule has 0 unspecified atom stereocenters. The Morgan fingerprint density at radius 3 is 2.45 bits per heavy atom. The number of likely N-dealkylation sites (tertiary alicyclic amines) is 1. The highest BCUT2D eigenvalue weighted by atomic mass is 32.2. The lowest BCUT2D eigenvalue weighted by Gasteiger charge is -2.33. The molecule has 5 nitrogen and oxygen atoms in total. The van der Waals surface area contributed by atoms with Crippen molar-refractivity contribution in [2.75, 3.05) is 18.8 Å². The van der Waals surface area contributed by atoms with Crippen molar-refractivity contribution in [2.45, 2.75) is 44.1 Å². The quantitative estimate of drug-likeness (QED) is 0.858. The first-order valence-corrected chi connectivity index (χ1v) is 8.93. The number of hydrogen-bond donors (Lipinski definition) is 0. The number of piperidine rings is 1. The van der Waals surface area contributed by atoms with E-state index in [0.29, 0.717) is 24.8 Å². The SMILES string of the molecule is CC(C)(C)OC(=O)N1CCC(C[S@@](=O)c2ccncc2)CC1. The van der Waals surface area contributed by atoms with Gasteiger partial charge in [-0.15, -0.1) is 0 Å². The second kappa shape index (κ2) is 7.22. The molecule has 0 bridgehead atoms. The molecule has 1 amide bonds. The normalized spacial score (nSPS) is 18.0. The van der Waals surface area contributed by atoms with E-state index in [-0.39, 0.29) is 6.09 Å². The van der Waals surface area contributed by atoms with Crippen LogP contribution in [0, 0.1) is 5.92 Å². The van der Waals surface area contributed by atoms with E-state index in [9.17, 15) is 9.00 Å². The van der Waals surface area contributed by atoms with E-state index in [1.807, 2.05) is 20.8 Å². The van der Waals surface area contributed by atoms with E-state index in [0.717, 1.165) is 17.7 Å². The number of ether oxygens (including phenoxy) is 1. The lowest BCUT2D eigenvalue weighted by Crippen LogP contribution is -2.42. The Balaban J connectivity index is 1.80. The Labute approximate surface area is 134 Å². The molecule has 2 rings (SSSR count). The molecule has 6 heteroatoms. The Hall–Kier alpha value is -1.43. The van der Waals surface area contributed by atoms with Crippen LogP contribution in [-0.4, -0.2) is 44.6 Å². The number of aromatic nitrogens is 1. The smallest absolute Gasteiger partial charge is 0.410 e. The second-order valence-electron chi connectivity index (χ2n) is 6.61. The summed E-state index contributed by atoms with van der Waals surface area (Å²) in [4.78, 5) is 18.5. The zero-order chi connectivity index (χ0) is 16.2. The standard InChI is InChI=1S/C16H24N2O3S/c1-16(2,3)21-15(19)18-10-6-13(7-11-18)12-22(20)14-4-8-17-9-5-14/h4-5,8-9,13H,6-7,10-12H2,1-3H3/t22-/m1/s1. The van der Waals surface area contributed by atoms with Crippen LogP contribution in [0.4, 0.5) is 4.79 Å². The van der Waals surface area contributed by atoms with Crippen LogP contribution in [0.25, 0.3) is 0 Å². The van der Waals surface area contributed by atoms with Crippen LogP contribution in [0.5, 0.6) is 0 Å². The third-order valence-corrected chi connectivity index (χ3v) is 5.14. The van der Waals surface area contributed by atoms with Gasteiger partial charge in [0.1, 0.15) is 5.60 Å². The van der Waals surface area contributed by atoms with Crippen molar-refractivity contribution in [3.8, 4) is 0 Å². The minimum atomic E-state index is -0.993. The van der Waals surface area contributed by atoms with Crippen molar-refractivity contribution in [1.29, 1.82) is 0 Å². The van der Waals surface area contributed by atoms with Crippen LogP contribution in [0.1, 0.15) is 33.6 Å². The minimum absolute atomic E-state index is 0.249. The summed E-state index contributed by atoms with van der Waals surface area (Å²) in [6.45, 7) is 6.96. The summed E-state index contributed by atoms with van der Waals surface area (Å²) >= 11 is 0. The van der Waals surface area contributed by atoms with Crippen LogP contribution in [0.2, 0.25) is 0 Å². The number of amides is 1. The highest BCUT2D eigenvalue weighted by Crippen LogP contribution is 2.22. The van der Waals surface area contributed by atoms with Crippen molar-refractivity contribution >= 4 is 16.9 Å². The molecule has 0 radical (unpaired) electrons. The van der Waals surface area contributed by atoms with Gasteiger partial charge in [0.25, 0.3) is 0 Å². The molecule has 0 N–H and O–H groups in total. The van der Waals surface area contributed by atoms with Gasteiger partial charge in [0.2, 0.25) is 0 Å². The summed E-state index contributed by atoms with van der Waals surface area (Å²) in [5.41, 5.74) is -0.462. The largest absolute Gasteiger partial charge is 0.444 e. The van der Waals surface area contributed by atoms with Gasteiger partial charge in [-0.05, 0) is 51.7 Å². The highest BCUT2D eigenvalue weighted by Gasteiger charge is 2.27. The predicted molar refractivity (Wildman–Crippen MR) is 86.0 cm³/mol. The molecule has 1 fully saturated rings. The molecule has 1 aromatic rings. The molecule has 1 aromatic heterocycles. The summed E-state index contributed by atoms with van der Waals surface area (Å²) < 4.78 is 17.7. The molecular weight excluding hydrogens is 300 g/mol. The van der Waals surface area contributed by atoms with Crippen molar-refractivity contribution < 1.29 is 13.7 Å². The first-order valence-electron chi connectivity index (χ1n) is 7.61. The van der Waals surface area contributed by atoms with Gasteiger partial charge in [-0.1, -0.05) is 0 Å². The fraction of sp³-hybridized carbons (Fsp3) is 0.625. The molecule has 0 spiro atoms. The van der Waals surface area contributed by atoms with Gasteiger partial charge < -0.3 is 9.64 Å². The topological polar surface area (TPSA) is 59.5 Å². The van der Waals surface area contributed by atoms with Gasteiger partial charge in [0.15, 0.2) is 0 Å². The summed E-state index contributed by atoms with van der Waals surface area (Å²) in [7, 11) is -0.993. The maximum atomic E-state index is 12.3. The molecule has 0 aromatic carbocycles.